The Morgan fingerprint density at radius 3 is 2.58 bits per heavy atom. The van der Waals surface area contributed by atoms with Gasteiger partial charge in [0.05, 0.1) is 25.6 Å². The van der Waals surface area contributed by atoms with Crippen molar-refractivity contribution in [3.05, 3.63) is 41.1 Å². The van der Waals surface area contributed by atoms with Crippen molar-refractivity contribution in [3.63, 3.8) is 0 Å². The van der Waals surface area contributed by atoms with Gasteiger partial charge < -0.3 is 26.0 Å². The highest BCUT2D eigenvalue weighted by Crippen LogP contribution is 2.28. The number of rotatable bonds is 13. The molecule has 9 heteroatoms. The number of carboxylic acid groups (broad SMARTS) is 2. The van der Waals surface area contributed by atoms with Crippen LogP contribution in [0.3, 0.4) is 0 Å². The van der Waals surface area contributed by atoms with Gasteiger partial charge in [0.25, 0.3) is 0 Å². The Bertz CT molecular complexity index is 903. The van der Waals surface area contributed by atoms with Crippen molar-refractivity contribution in [1.82, 2.24) is 9.97 Å². The van der Waals surface area contributed by atoms with E-state index >= 15 is 0 Å². The molecule has 1 aromatic carbocycles. The molecular weight excluding hydrogens is 400 g/mol. The summed E-state index contributed by atoms with van der Waals surface area (Å²) in [5, 5.41) is 21.7. The molecule has 0 spiro atoms. The maximum absolute atomic E-state index is 11.4. The van der Waals surface area contributed by atoms with Crippen LogP contribution in [-0.4, -0.2) is 45.3 Å². The summed E-state index contributed by atoms with van der Waals surface area (Å²) in [4.78, 5) is 31.1. The average molecular weight is 431 g/mol. The van der Waals surface area contributed by atoms with Crippen molar-refractivity contribution in [3.8, 4) is 5.75 Å². The minimum atomic E-state index is -0.943. The third-order valence-electron chi connectivity index (χ3n) is 4.91. The zero-order valence-electron chi connectivity index (χ0n) is 17.9. The van der Waals surface area contributed by atoms with Crippen LogP contribution in [0, 0.1) is 0 Å². The number of aromatic nitrogens is 2. The molecule has 0 aliphatic rings. The van der Waals surface area contributed by atoms with Gasteiger partial charge in [0, 0.05) is 24.4 Å². The number of carbonyl (C=O) groups is 2. The summed E-state index contributed by atoms with van der Waals surface area (Å²) in [5.41, 5.74) is 7.99. The van der Waals surface area contributed by atoms with E-state index in [1.54, 1.807) is 7.11 Å². The number of aliphatic carboxylic acids is 2. The number of nitrogen functional groups attached to an aromatic ring is 1. The minimum absolute atomic E-state index is 0.0104. The number of anilines is 2. The highest BCUT2D eigenvalue weighted by Gasteiger charge is 2.20. The third-order valence-corrected chi connectivity index (χ3v) is 4.91. The van der Waals surface area contributed by atoms with Gasteiger partial charge in [0.1, 0.15) is 11.6 Å². The van der Waals surface area contributed by atoms with Crippen LogP contribution in [0.15, 0.2) is 24.3 Å². The first-order chi connectivity index (χ1) is 14.8. The van der Waals surface area contributed by atoms with Crippen LogP contribution in [-0.2, 0) is 22.4 Å². The highest BCUT2D eigenvalue weighted by atomic mass is 16.5. The normalized spacial score (nSPS) is 11.7. The summed E-state index contributed by atoms with van der Waals surface area (Å²) in [6.07, 6.45) is 2.84. The molecule has 0 fully saturated rings. The Morgan fingerprint density at radius 1 is 1.19 bits per heavy atom. The number of benzene rings is 1. The molecule has 0 aliphatic heterocycles. The number of nitrogens with one attached hydrogen (secondary N) is 1. The molecule has 0 unspecified atom stereocenters. The number of para-hydroxylation sites is 1. The number of ether oxygens (including phenoxy) is 1. The molecule has 9 nitrogen and oxygen atoms in total. The molecule has 0 aliphatic carbocycles. The quantitative estimate of drug-likeness (QED) is 0.376. The Kier molecular flexibility index (Phi) is 9.05. The molecule has 1 heterocycles. The molecule has 1 aromatic heterocycles. The van der Waals surface area contributed by atoms with Gasteiger partial charge in [0.15, 0.2) is 0 Å². The van der Waals surface area contributed by atoms with Gasteiger partial charge in [0.2, 0.25) is 5.95 Å². The zero-order chi connectivity index (χ0) is 22.8. The lowest BCUT2D eigenvalue weighted by atomic mass is 9.99. The van der Waals surface area contributed by atoms with Gasteiger partial charge in [-0.1, -0.05) is 38.0 Å². The van der Waals surface area contributed by atoms with Crippen LogP contribution >= 0.6 is 0 Å². The average Bonchev–Trinajstić information content (AvgIpc) is 2.72. The maximum Gasteiger partial charge on any atom is 0.305 e. The van der Waals surface area contributed by atoms with E-state index in [1.165, 1.54) is 0 Å². The van der Waals surface area contributed by atoms with Crippen molar-refractivity contribution in [1.29, 1.82) is 0 Å². The van der Waals surface area contributed by atoms with E-state index in [0.717, 1.165) is 18.4 Å². The van der Waals surface area contributed by atoms with Gasteiger partial charge in [-0.2, -0.15) is 4.98 Å². The Labute approximate surface area is 181 Å². The predicted molar refractivity (Wildman–Crippen MR) is 117 cm³/mol. The number of unbranched alkanes of at least 4 members (excludes halogenated alkanes) is 1. The van der Waals surface area contributed by atoms with E-state index in [0.29, 0.717) is 35.7 Å². The topological polar surface area (TPSA) is 148 Å². The third kappa shape index (κ3) is 7.44. The largest absolute Gasteiger partial charge is 0.496 e. The molecule has 1 atom stereocenters. The number of hydrogen-bond donors (Lipinski definition) is 4. The fraction of sp³-hybridized carbons (Fsp3) is 0.455. The summed E-state index contributed by atoms with van der Waals surface area (Å²) in [6, 6.07) is 7.15. The van der Waals surface area contributed by atoms with E-state index in [4.69, 9.17) is 15.6 Å². The van der Waals surface area contributed by atoms with Crippen LogP contribution < -0.4 is 15.8 Å². The number of hydrogen-bond acceptors (Lipinski definition) is 7. The van der Waals surface area contributed by atoms with Crippen molar-refractivity contribution in [2.24, 2.45) is 0 Å². The first-order valence-corrected chi connectivity index (χ1v) is 10.3. The van der Waals surface area contributed by atoms with Crippen molar-refractivity contribution >= 4 is 23.7 Å². The highest BCUT2D eigenvalue weighted by molar-refractivity contribution is 5.69. The first kappa shape index (κ1) is 23.9. The predicted octanol–water partition coefficient (Wildman–Crippen LogP) is 3.12. The fourth-order valence-corrected chi connectivity index (χ4v) is 3.41. The zero-order valence-corrected chi connectivity index (χ0v) is 17.9. The summed E-state index contributed by atoms with van der Waals surface area (Å²) >= 11 is 0. The van der Waals surface area contributed by atoms with Crippen LogP contribution in [0.1, 0.15) is 55.8 Å². The summed E-state index contributed by atoms with van der Waals surface area (Å²) in [5.74, 6) is -0.727. The second-order valence-corrected chi connectivity index (χ2v) is 7.32. The standard InChI is InChI=1S/C22H30N4O5/c1-3-4-8-15(13-20(29)30)24-21-16(12-14-7-5-6-9-18(14)31-2)17(10-11-19(27)28)25-22(23)26-21/h5-7,9,15H,3-4,8,10-13H2,1-2H3,(H,27,28)(H,29,30)(H3,23,24,25,26)/t15-/m0/s1. The van der Waals surface area contributed by atoms with Crippen molar-refractivity contribution in [2.75, 3.05) is 18.2 Å². The van der Waals surface area contributed by atoms with E-state index < -0.39 is 11.9 Å². The molecule has 31 heavy (non-hydrogen) atoms. The molecule has 0 radical (unpaired) electrons. The monoisotopic (exact) mass is 430 g/mol. The number of nitrogens with two attached hydrogens (primary N) is 1. The van der Waals surface area contributed by atoms with E-state index in [1.807, 2.05) is 31.2 Å². The van der Waals surface area contributed by atoms with Gasteiger partial charge in [-0.3, -0.25) is 9.59 Å². The molecule has 5 N–H and O–H groups in total. The number of carboxylic acids is 2. The molecule has 2 rings (SSSR count). The summed E-state index contributed by atoms with van der Waals surface area (Å²) in [7, 11) is 1.58. The number of methoxy groups -OCH3 is 1. The maximum atomic E-state index is 11.4. The Hall–Kier alpha value is -3.36. The lowest BCUT2D eigenvalue weighted by molar-refractivity contribution is -0.138. The smallest absolute Gasteiger partial charge is 0.305 e. The molecule has 0 saturated heterocycles. The van der Waals surface area contributed by atoms with Crippen molar-refractivity contribution < 1.29 is 24.5 Å². The lowest BCUT2D eigenvalue weighted by Crippen LogP contribution is -2.25. The van der Waals surface area contributed by atoms with Crippen LogP contribution in [0.2, 0.25) is 0 Å². The molecule has 2 aromatic rings. The van der Waals surface area contributed by atoms with Crippen LogP contribution in [0.25, 0.3) is 0 Å². The lowest BCUT2D eigenvalue weighted by Gasteiger charge is -2.22. The number of aryl methyl sites for hydroxylation is 1. The van der Waals surface area contributed by atoms with Crippen LogP contribution in [0.5, 0.6) is 5.75 Å². The fourth-order valence-electron chi connectivity index (χ4n) is 3.41. The molecule has 0 bridgehead atoms. The van der Waals surface area contributed by atoms with Gasteiger partial charge in [-0.15, -0.1) is 0 Å². The molecule has 168 valence electrons. The summed E-state index contributed by atoms with van der Waals surface area (Å²) < 4.78 is 5.45. The van der Waals surface area contributed by atoms with Gasteiger partial charge >= 0.3 is 11.9 Å². The van der Waals surface area contributed by atoms with E-state index in [9.17, 15) is 14.7 Å². The van der Waals surface area contributed by atoms with E-state index in [-0.39, 0.29) is 31.3 Å². The second-order valence-electron chi connectivity index (χ2n) is 7.32. The van der Waals surface area contributed by atoms with Gasteiger partial charge in [-0.05, 0) is 18.1 Å². The minimum Gasteiger partial charge on any atom is -0.496 e. The van der Waals surface area contributed by atoms with Crippen molar-refractivity contribution in [2.45, 2.75) is 57.9 Å². The molecule has 0 saturated carbocycles. The first-order valence-electron chi connectivity index (χ1n) is 10.3. The summed E-state index contributed by atoms with van der Waals surface area (Å²) in [6.45, 7) is 2.04. The molecular formula is C22H30N4O5. The Morgan fingerprint density at radius 2 is 1.94 bits per heavy atom. The SMILES string of the molecule is CCCC[C@@H](CC(=O)O)Nc1nc(N)nc(CCC(=O)O)c1Cc1ccccc1OC. The second kappa shape index (κ2) is 11.7. The van der Waals surface area contributed by atoms with Crippen LogP contribution in [0.4, 0.5) is 11.8 Å². The molecule has 0 amide bonds. The van der Waals surface area contributed by atoms with Gasteiger partial charge in [-0.25, -0.2) is 4.98 Å². The Balaban J connectivity index is 2.48. The number of nitrogens with zero attached hydrogens (tertiary/aromatic N) is 2. The van der Waals surface area contributed by atoms with E-state index in [2.05, 4.69) is 15.3 Å².